The van der Waals surface area contributed by atoms with Gasteiger partial charge >= 0.3 is 12.2 Å². The molecule has 3 amide bonds. The zero-order valence-corrected chi connectivity index (χ0v) is 16.7. The van der Waals surface area contributed by atoms with Crippen molar-refractivity contribution in [1.82, 2.24) is 0 Å². The Kier molecular flexibility index (Phi) is 6.75. The Labute approximate surface area is 174 Å². The molecule has 2 aromatic rings. The molecule has 0 saturated carbocycles. The number of nitrogens with one attached hydrogen (secondary N) is 1. The van der Waals surface area contributed by atoms with Gasteiger partial charge in [-0.25, -0.2) is 9.10 Å². The number of benzene rings is 2. The molecule has 0 aliphatic carbocycles. The van der Waals surface area contributed by atoms with E-state index in [1.54, 1.807) is 0 Å². The van der Waals surface area contributed by atoms with Crippen LogP contribution in [0.4, 0.5) is 29.3 Å². The van der Waals surface area contributed by atoms with E-state index in [2.05, 4.69) is 18.1 Å². The van der Waals surface area contributed by atoms with E-state index < -0.39 is 29.2 Å². The number of carbonyl (C=O) groups is 2. The Morgan fingerprint density at radius 2 is 1.76 bits per heavy atom. The minimum absolute atomic E-state index is 0.132. The van der Waals surface area contributed by atoms with Crippen molar-refractivity contribution < 1.29 is 32.2 Å². The van der Waals surface area contributed by atoms with Crippen molar-refractivity contribution >= 4 is 47.7 Å². The quantitative estimate of drug-likeness (QED) is 0.591. The number of urea groups is 1. The lowest BCUT2D eigenvalue weighted by Crippen LogP contribution is -2.28. The van der Waals surface area contributed by atoms with Gasteiger partial charge in [0.15, 0.2) is 0 Å². The molecule has 0 unspecified atom stereocenters. The third kappa shape index (κ3) is 4.98. The molecule has 0 aliphatic heterocycles. The molecule has 0 fully saturated rings. The number of hydrogen-bond acceptors (Lipinski definition) is 5. The number of hydrogen-bond donors (Lipinski definition) is 3. The fourth-order valence-corrected chi connectivity index (χ4v) is 2.77. The normalized spacial score (nSPS) is 11.0. The molecule has 2 aromatic carbocycles. The molecule has 2 rings (SSSR count). The van der Waals surface area contributed by atoms with Gasteiger partial charge in [-0.1, -0.05) is 24.4 Å². The number of nitrogens with two attached hydrogens (primary N) is 1. The second-order valence-corrected chi connectivity index (χ2v) is 6.33. The summed E-state index contributed by atoms with van der Waals surface area (Å²) in [4.78, 5) is 23.7. The summed E-state index contributed by atoms with van der Waals surface area (Å²) in [6, 6.07) is 4.40. The van der Waals surface area contributed by atoms with Crippen molar-refractivity contribution in [3.05, 3.63) is 46.5 Å². The van der Waals surface area contributed by atoms with Crippen molar-refractivity contribution in [2.24, 2.45) is 5.73 Å². The van der Waals surface area contributed by atoms with Gasteiger partial charge in [0.05, 0.1) is 41.7 Å². The van der Waals surface area contributed by atoms with Crippen LogP contribution in [0, 0.1) is 0 Å². The van der Waals surface area contributed by atoms with Crippen LogP contribution in [-0.2, 0) is 6.18 Å². The zero-order valence-electron chi connectivity index (χ0n) is 15.0. The van der Waals surface area contributed by atoms with Crippen LogP contribution < -0.4 is 24.8 Å². The number of primary amides is 1. The first-order valence-electron chi connectivity index (χ1n) is 7.72. The zero-order chi connectivity index (χ0) is 21.9. The molecule has 0 aliphatic rings. The Morgan fingerprint density at radius 3 is 2.28 bits per heavy atom. The van der Waals surface area contributed by atoms with Crippen LogP contribution in [0.15, 0.2) is 30.3 Å². The van der Waals surface area contributed by atoms with Gasteiger partial charge in [0.1, 0.15) is 11.5 Å². The summed E-state index contributed by atoms with van der Waals surface area (Å²) in [6.45, 7) is 0. The number of anilines is 2. The molecule has 12 heteroatoms. The summed E-state index contributed by atoms with van der Waals surface area (Å²) < 4.78 is 50.5. The Bertz CT molecular complexity index is 956. The second-order valence-electron chi connectivity index (χ2n) is 5.52. The number of alkyl halides is 3. The van der Waals surface area contributed by atoms with E-state index in [1.165, 1.54) is 26.4 Å². The maximum atomic E-state index is 13.2. The van der Waals surface area contributed by atoms with Crippen molar-refractivity contribution in [3.63, 3.8) is 0 Å². The van der Waals surface area contributed by atoms with Crippen LogP contribution >= 0.6 is 24.4 Å². The third-order valence-corrected chi connectivity index (χ3v) is 4.43. The summed E-state index contributed by atoms with van der Waals surface area (Å²) in [7, 11) is 2.73. The topological polar surface area (TPSA) is 93.9 Å². The van der Waals surface area contributed by atoms with Crippen LogP contribution in [0.5, 0.6) is 11.5 Å². The van der Waals surface area contributed by atoms with E-state index in [0.29, 0.717) is 16.1 Å². The van der Waals surface area contributed by atoms with Crippen molar-refractivity contribution in [2.75, 3.05) is 23.8 Å². The number of rotatable bonds is 5. The third-order valence-electron chi connectivity index (χ3n) is 3.73. The number of amides is 3. The number of carbonyl (C=O) groups excluding carboxylic acids is 2. The maximum absolute atomic E-state index is 13.2. The number of methoxy groups -OCH3 is 2. The number of halogens is 4. The molecular weight excluding hydrogens is 435 g/mol. The molecule has 156 valence electrons. The van der Waals surface area contributed by atoms with Crippen molar-refractivity contribution in [3.8, 4) is 11.5 Å². The molecule has 0 radical (unpaired) electrons. The van der Waals surface area contributed by atoms with Gasteiger partial charge in [-0.2, -0.15) is 13.2 Å². The predicted octanol–water partition coefficient (Wildman–Crippen LogP) is 4.36. The maximum Gasteiger partial charge on any atom is 0.417 e. The first kappa shape index (κ1) is 22.5. The van der Waals surface area contributed by atoms with Crippen LogP contribution in [0.1, 0.15) is 15.9 Å². The SMILES string of the molecule is COc1cc(OC)c(NC(=O)N(S)c2ccc(C(N)=O)c(C(F)(F)F)c2)cc1Cl. The van der Waals surface area contributed by atoms with Gasteiger partial charge in [-0.05, 0) is 24.3 Å². The van der Waals surface area contributed by atoms with Gasteiger partial charge in [0.2, 0.25) is 5.91 Å². The van der Waals surface area contributed by atoms with E-state index in [-0.39, 0.29) is 22.1 Å². The number of nitrogens with zero attached hydrogens (tertiary/aromatic N) is 1. The summed E-state index contributed by atoms with van der Waals surface area (Å²) in [6.07, 6.45) is -4.86. The highest BCUT2D eigenvalue weighted by atomic mass is 35.5. The molecule has 29 heavy (non-hydrogen) atoms. The first-order valence-corrected chi connectivity index (χ1v) is 8.50. The molecular formula is C17H15ClF3N3O4S. The average Bonchev–Trinajstić information content (AvgIpc) is 2.66. The Hall–Kier alpha value is -2.79. The van der Waals surface area contributed by atoms with Crippen LogP contribution in [0.3, 0.4) is 0 Å². The largest absolute Gasteiger partial charge is 0.495 e. The minimum Gasteiger partial charge on any atom is -0.495 e. The van der Waals surface area contributed by atoms with E-state index >= 15 is 0 Å². The standard InChI is InChI=1S/C17H15ClF3N3O4S/c1-27-13-7-14(28-2)12(6-11(13)18)23-16(26)24(29)8-3-4-9(15(22)25)10(5-8)17(19,20)21/h3-7,29H,1-2H3,(H2,22,25)(H,23,26). The molecule has 7 nitrogen and oxygen atoms in total. The van der Waals surface area contributed by atoms with Crippen molar-refractivity contribution in [2.45, 2.75) is 6.18 Å². The highest BCUT2D eigenvalue weighted by Gasteiger charge is 2.35. The molecule has 3 N–H and O–H groups in total. The van der Waals surface area contributed by atoms with Crippen LogP contribution in [0.25, 0.3) is 0 Å². The minimum atomic E-state index is -4.86. The molecule has 0 spiro atoms. The van der Waals surface area contributed by atoms with E-state index in [9.17, 15) is 22.8 Å². The molecule has 0 aromatic heterocycles. The number of thiol groups is 1. The first-order chi connectivity index (χ1) is 13.5. The van der Waals surface area contributed by atoms with E-state index in [1.807, 2.05) is 0 Å². The predicted molar refractivity (Wildman–Crippen MR) is 105 cm³/mol. The Morgan fingerprint density at radius 1 is 1.14 bits per heavy atom. The lowest BCUT2D eigenvalue weighted by molar-refractivity contribution is -0.137. The second kappa shape index (κ2) is 8.70. The lowest BCUT2D eigenvalue weighted by atomic mass is 10.1. The average molecular weight is 450 g/mol. The smallest absolute Gasteiger partial charge is 0.417 e. The number of ether oxygens (including phenoxy) is 2. The highest BCUT2D eigenvalue weighted by molar-refractivity contribution is 7.82. The van der Waals surface area contributed by atoms with Crippen molar-refractivity contribution in [1.29, 1.82) is 0 Å². The fourth-order valence-electron chi connectivity index (χ4n) is 2.36. The van der Waals surface area contributed by atoms with Gasteiger partial charge in [-0.3, -0.25) is 4.79 Å². The van der Waals surface area contributed by atoms with Gasteiger partial charge in [0, 0.05) is 6.07 Å². The van der Waals surface area contributed by atoms with E-state index in [4.69, 9.17) is 26.8 Å². The molecule has 0 bridgehead atoms. The van der Waals surface area contributed by atoms with Gasteiger partial charge in [-0.15, -0.1) is 0 Å². The molecule has 0 saturated heterocycles. The summed E-state index contributed by atoms with van der Waals surface area (Å²) in [5, 5.41) is 2.59. The molecule has 0 heterocycles. The summed E-state index contributed by atoms with van der Waals surface area (Å²) >= 11 is 9.96. The fraction of sp³-hybridized carbons (Fsp3) is 0.176. The van der Waals surface area contributed by atoms with E-state index in [0.717, 1.165) is 12.1 Å². The monoisotopic (exact) mass is 449 g/mol. The lowest BCUT2D eigenvalue weighted by Gasteiger charge is -2.20. The van der Waals surface area contributed by atoms with Crippen LogP contribution in [0.2, 0.25) is 5.02 Å². The molecule has 0 atom stereocenters. The van der Waals surface area contributed by atoms with Gasteiger partial charge < -0.3 is 20.5 Å². The Balaban J connectivity index is 2.36. The van der Waals surface area contributed by atoms with Gasteiger partial charge in [0.25, 0.3) is 0 Å². The van der Waals surface area contributed by atoms with Crippen LogP contribution in [-0.4, -0.2) is 26.2 Å². The highest BCUT2D eigenvalue weighted by Crippen LogP contribution is 2.37. The summed E-state index contributed by atoms with van der Waals surface area (Å²) in [5.41, 5.74) is 2.84. The summed E-state index contributed by atoms with van der Waals surface area (Å²) in [5.74, 6) is -0.765.